The maximum atomic E-state index is 2.39. The monoisotopic (exact) mass is 614 g/mol. The van der Waals surface area contributed by atoms with E-state index >= 15 is 0 Å². The van der Waals surface area contributed by atoms with Gasteiger partial charge in [-0.3, -0.25) is 0 Å². The smallest absolute Gasteiger partial charge is 0.0540 e. The second kappa shape index (κ2) is 13.2. The molecule has 0 atom stereocenters. The fourth-order valence-corrected chi connectivity index (χ4v) is 6.48. The molecule has 2 nitrogen and oxygen atoms in total. The highest BCUT2D eigenvalue weighted by atomic mass is 15.1. The summed E-state index contributed by atoms with van der Waals surface area (Å²) in [6, 6.07) is 69.0. The summed E-state index contributed by atoms with van der Waals surface area (Å²) in [5.41, 5.74) is 9.12. The molecule has 0 heterocycles. The Hall–Kier alpha value is -6.38. The van der Waals surface area contributed by atoms with Crippen LogP contribution in [0.1, 0.15) is 11.1 Å². The first-order valence-electron chi connectivity index (χ1n) is 16.4. The molecule has 0 fully saturated rings. The van der Waals surface area contributed by atoms with Gasteiger partial charge in [-0.15, -0.1) is 0 Å². The Kier molecular flexibility index (Phi) is 7.96. The van der Waals surface area contributed by atoms with Crippen molar-refractivity contribution >= 4 is 67.8 Å². The lowest BCUT2D eigenvalue weighted by Gasteiger charge is -2.28. The standard InChI is InChI=1S/C46H34N2/c1-3-17-39(18-4-1)47(40-19-5-2-6-20-40)41-31-27-35(28-32-41)25-26-36-29-33-42(34-30-36)48(45-23-11-15-37-13-7-9-21-43(37)45)46-24-12-16-38-14-8-10-22-44(38)46/h1-34H/b26-25+. The molecule has 0 saturated heterocycles. The fourth-order valence-electron chi connectivity index (χ4n) is 6.48. The number of rotatable bonds is 8. The summed E-state index contributed by atoms with van der Waals surface area (Å²) in [6.45, 7) is 0. The van der Waals surface area contributed by atoms with Gasteiger partial charge in [0.15, 0.2) is 0 Å². The molecule has 0 aliphatic carbocycles. The molecule has 8 aromatic carbocycles. The molecule has 228 valence electrons. The van der Waals surface area contributed by atoms with Gasteiger partial charge in [0.25, 0.3) is 0 Å². The van der Waals surface area contributed by atoms with Crippen molar-refractivity contribution in [1.82, 2.24) is 0 Å². The number of hydrogen-bond donors (Lipinski definition) is 0. The Labute approximate surface area is 282 Å². The minimum absolute atomic E-state index is 1.12. The molecular weight excluding hydrogens is 581 g/mol. The van der Waals surface area contributed by atoms with E-state index in [0.29, 0.717) is 0 Å². The van der Waals surface area contributed by atoms with Crippen molar-refractivity contribution < 1.29 is 0 Å². The van der Waals surface area contributed by atoms with Crippen LogP contribution in [-0.4, -0.2) is 0 Å². The van der Waals surface area contributed by atoms with Crippen molar-refractivity contribution in [3.8, 4) is 0 Å². The van der Waals surface area contributed by atoms with Crippen LogP contribution in [0.5, 0.6) is 0 Å². The zero-order chi connectivity index (χ0) is 32.1. The van der Waals surface area contributed by atoms with Gasteiger partial charge in [0.1, 0.15) is 0 Å². The van der Waals surface area contributed by atoms with Gasteiger partial charge in [0.2, 0.25) is 0 Å². The summed E-state index contributed by atoms with van der Waals surface area (Å²) in [5.74, 6) is 0. The predicted octanol–water partition coefficient (Wildman–Crippen LogP) is 13.1. The second-order valence-corrected chi connectivity index (χ2v) is 11.9. The summed E-state index contributed by atoms with van der Waals surface area (Å²) < 4.78 is 0. The summed E-state index contributed by atoms with van der Waals surface area (Å²) in [6.07, 6.45) is 4.37. The van der Waals surface area contributed by atoms with Crippen molar-refractivity contribution in [3.63, 3.8) is 0 Å². The van der Waals surface area contributed by atoms with E-state index in [2.05, 4.69) is 216 Å². The van der Waals surface area contributed by atoms with Gasteiger partial charge < -0.3 is 9.80 Å². The van der Waals surface area contributed by atoms with Gasteiger partial charge in [0, 0.05) is 33.5 Å². The zero-order valence-electron chi connectivity index (χ0n) is 26.5. The minimum atomic E-state index is 1.12. The number of benzene rings is 8. The van der Waals surface area contributed by atoms with Crippen molar-refractivity contribution in [2.45, 2.75) is 0 Å². The Bertz CT molecular complexity index is 2200. The van der Waals surface area contributed by atoms with Crippen LogP contribution < -0.4 is 9.80 Å². The van der Waals surface area contributed by atoms with Gasteiger partial charge in [-0.2, -0.15) is 0 Å². The normalized spacial score (nSPS) is 11.2. The maximum absolute atomic E-state index is 2.39. The van der Waals surface area contributed by atoms with E-state index in [9.17, 15) is 0 Å². The molecule has 0 radical (unpaired) electrons. The van der Waals surface area contributed by atoms with Crippen molar-refractivity contribution in [1.29, 1.82) is 0 Å². The highest BCUT2D eigenvalue weighted by Crippen LogP contribution is 2.42. The van der Waals surface area contributed by atoms with Crippen LogP contribution in [-0.2, 0) is 0 Å². The average Bonchev–Trinajstić information content (AvgIpc) is 3.16. The molecule has 0 aromatic heterocycles. The predicted molar refractivity (Wildman–Crippen MR) is 206 cm³/mol. The topological polar surface area (TPSA) is 6.48 Å². The van der Waals surface area contributed by atoms with Gasteiger partial charge in [-0.05, 0) is 82.6 Å². The van der Waals surface area contributed by atoms with E-state index in [-0.39, 0.29) is 0 Å². The fraction of sp³-hybridized carbons (Fsp3) is 0. The quantitative estimate of drug-likeness (QED) is 0.157. The highest BCUT2D eigenvalue weighted by Gasteiger charge is 2.17. The minimum Gasteiger partial charge on any atom is -0.311 e. The van der Waals surface area contributed by atoms with Crippen molar-refractivity contribution in [2.24, 2.45) is 0 Å². The molecule has 0 saturated carbocycles. The number of para-hydroxylation sites is 2. The van der Waals surface area contributed by atoms with Crippen molar-refractivity contribution in [3.05, 3.63) is 205 Å². The Morgan fingerprint density at radius 1 is 0.271 bits per heavy atom. The Balaban J connectivity index is 1.11. The molecule has 0 spiro atoms. The largest absolute Gasteiger partial charge is 0.311 e. The number of anilines is 6. The molecule has 0 aliphatic rings. The summed E-state index contributed by atoms with van der Waals surface area (Å²) in [7, 11) is 0. The molecule has 2 heteroatoms. The van der Waals surface area contributed by atoms with Crippen LogP contribution in [0.3, 0.4) is 0 Å². The van der Waals surface area contributed by atoms with Crippen LogP contribution in [0.25, 0.3) is 33.7 Å². The summed E-state index contributed by atoms with van der Waals surface area (Å²) >= 11 is 0. The van der Waals surface area contributed by atoms with Gasteiger partial charge in [-0.1, -0.05) is 146 Å². The third kappa shape index (κ3) is 5.84. The lowest BCUT2D eigenvalue weighted by atomic mass is 10.0. The molecule has 0 amide bonds. The van der Waals surface area contributed by atoms with E-state index in [1.807, 2.05) is 0 Å². The SMILES string of the molecule is C(=C\c1ccc(N(c2cccc3ccccc23)c2cccc3ccccc23)cc1)/c1ccc(N(c2ccccc2)c2ccccc2)cc1. The Morgan fingerprint density at radius 3 is 1.08 bits per heavy atom. The maximum Gasteiger partial charge on any atom is 0.0540 e. The third-order valence-electron chi connectivity index (χ3n) is 8.81. The number of fused-ring (bicyclic) bond motifs is 2. The first-order valence-corrected chi connectivity index (χ1v) is 16.4. The highest BCUT2D eigenvalue weighted by molar-refractivity contribution is 6.04. The van der Waals surface area contributed by atoms with Crippen molar-refractivity contribution in [2.75, 3.05) is 9.80 Å². The van der Waals surface area contributed by atoms with E-state index in [1.165, 1.54) is 21.5 Å². The molecule has 0 bridgehead atoms. The molecular formula is C46H34N2. The summed E-state index contributed by atoms with van der Waals surface area (Å²) in [4.78, 5) is 4.67. The van der Waals surface area contributed by atoms with Crippen LogP contribution in [0, 0.1) is 0 Å². The third-order valence-corrected chi connectivity index (χ3v) is 8.81. The number of nitrogens with zero attached hydrogens (tertiary/aromatic N) is 2. The van der Waals surface area contributed by atoms with E-state index in [0.717, 1.165) is 45.3 Å². The first-order chi connectivity index (χ1) is 23.8. The second-order valence-electron chi connectivity index (χ2n) is 11.9. The molecule has 0 unspecified atom stereocenters. The van der Waals surface area contributed by atoms with Crippen LogP contribution in [0.4, 0.5) is 34.1 Å². The van der Waals surface area contributed by atoms with E-state index in [1.54, 1.807) is 0 Å². The zero-order valence-corrected chi connectivity index (χ0v) is 26.5. The lowest BCUT2D eigenvalue weighted by Crippen LogP contribution is -2.11. The first kappa shape index (κ1) is 29.1. The van der Waals surface area contributed by atoms with Crippen LogP contribution in [0.15, 0.2) is 194 Å². The molecule has 48 heavy (non-hydrogen) atoms. The van der Waals surface area contributed by atoms with E-state index < -0.39 is 0 Å². The Morgan fingerprint density at radius 2 is 0.625 bits per heavy atom. The van der Waals surface area contributed by atoms with Crippen LogP contribution in [0.2, 0.25) is 0 Å². The molecule has 0 aliphatic heterocycles. The average molecular weight is 615 g/mol. The molecule has 8 aromatic rings. The van der Waals surface area contributed by atoms with Gasteiger partial charge >= 0.3 is 0 Å². The van der Waals surface area contributed by atoms with Gasteiger partial charge in [-0.25, -0.2) is 0 Å². The van der Waals surface area contributed by atoms with Crippen LogP contribution >= 0.6 is 0 Å². The molecule has 8 rings (SSSR count). The van der Waals surface area contributed by atoms with Gasteiger partial charge in [0.05, 0.1) is 11.4 Å². The number of hydrogen-bond acceptors (Lipinski definition) is 2. The molecule has 0 N–H and O–H groups in total. The lowest BCUT2D eigenvalue weighted by molar-refractivity contribution is 1.28. The summed E-state index contributed by atoms with van der Waals surface area (Å²) in [5, 5.41) is 4.89. The van der Waals surface area contributed by atoms with E-state index in [4.69, 9.17) is 0 Å².